The number of ketones is 1. The number of rotatable bonds is 14. The van der Waals surface area contributed by atoms with Crippen LogP contribution in [0.5, 0.6) is 0 Å². The summed E-state index contributed by atoms with van der Waals surface area (Å²) in [7, 11) is 0. The molecule has 9 atom stereocenters. The van der Waals surface area contributed by atoms with Crippen LogP contribution in [0.2, 0.25) is 0 Å². The van der Waals surface area contributed by atoms with E-state index in [2.05, 4.69) is 13.8 Å². The smallest absolute Gasteiger partial charge is 0.453 e. The second-order valence-corrected chi connectivity index (χ2v) is 16.5. The average molecular weight is 625 g/mol. The summed E-state index contributed by atoms with van der Waals surface area (Å²) in [5, 5.41) is 11.0. The Labute approximate surface area is 252 Å². The van der Waals surface area contributed by atoms with Gasteiger partial charge in [0, 0.05) is 19.3 Å². The third-order valence-corrected chi connectivity index (χ3v) is 13.7. The maximum Gasteiger partial charge on any atom is 0.453 e. The maximum atomic E-state index is 13.0. The molecule has 4 aliphatic rings. The van der Waals surface area contributed by atoms with Gasteiger partial charge in [0.1, 0.15) is 17.3 Å². The highest BCUT2D eigenvalue weighted by Gasteiger charge is 2.62. The first-order valence-electron chi connectivity index (χ1n) is 16.7. The van der Waals surface area contributed by atoms with Crippen molar-refractivity contribution < 1.29 is 36.4 Å². The number of unbranched alkanes of at least 4 members (excludes halogenated alkanes) is 6. The molecule has 0 aromatic carbocycles. The number of carbonyl (C=O) groups is 1. The van der Waals surface area contributed by atoms with Crippen molar-refractivity contribution in [2.24, 2.45) is 40.4 Å². The molecule has 0 spiro atoms. The van der Waals surface area contributed by atoms with Gasteiger partial charge in [-0.1, -0.05) is 63.5 Å². The fraction of sp³-hybridized carbons (Fsp3) is 0.970. The molecular formula is C33H53F5O3S. The molecule has 3 nitrogen and oxygen atoms in total. The maximum absolute atomic E-state index is 13.0. The average Bonchev–Trinajstić information content (AvgIpc) is 3.20. The molecule has 9 heteroatoms. The molecule has 4 aliphatic carbocycles. The standard InChI is InChI=1S/C33H53F5O3S/c1-30-18-16-25(39)21-24(30)12-13-26-27-14-15-28(40)31(27,2)22-23(29(26)30)11-8-6-4-3-5-7-9-19-42(41)20-10-17-32(34,35)33(36,37)38/h23-24,26-29,40H,3-22H2,1-2H3/t23-,24-,26-,27-,28-,29-,30-,31-,42?/m0/s1. The number of hydrogen-bond acceptors (Lipinski definition) is 3. The minimum Gasteiger partial charge on any atom is -0.616 e. The van der Waals surface area contributed by atoms with Crippen LogP contribution in [0, 0.1) is 40.4 Å². The molecule has 0 bridgehead atoms. The predicted molar refractivity (Wildman–Crippen MR) is 157 cm³/mol. The highest BCUT2D eigenvalue weighted by molar-refractivity contribution is 7.91. The van der Waals surface area contributed by atoms with Crippen LogP contribution < -0.4 is 0 Å². The SMILES string of the molecule is C[C@]12CCC(=O)C[C@@H]1CC[C@@H]1[C@@H]2[C@@H](CCCCCCCCC[S+]([O-])CCCC(F)(F)C(F)(F)F)C[C@]2(C)[C@@H](O)CC[C@@H]12. The molecule has 0 aromatic rings. The molecular weight excluding hydrogens is 571 g/mol. The van der Waals surface area contributed by atoms with E-state index in [0.717, 1.165) is 70.6 Å². The summed E-state index contributed by atoms with van der Waals surface area (Å²) in [6, 6.07) is 0. The lowest BCUT2D eigenvalue weighted by molar-refractivity contribution is -0.284. The van der Waals surface area contributed by atoms with E-state index >= 15 is 0 Å². The molecule has 0 amide bonds. The zero-order valence-electron chi connectivity index (χ0n) is 25.7. The molecule has 244 valence electrons. The lowest BCUT2D eigenvalue weighted by Gasteiger charge is -2.62. The largest absolute Gasteiger partial charge is 0.616 e. The van der Waals surface area contributed by atoms with Crippen molar-refractivity contribution >= 4 is 17.0 Å². The molecule has 4 rings (SSSR count). The summed E-state index contributed by atoms with van der Waals surface area (Å²) in [5.41, 5.74) is 0.272. The number of halogens is 5. The van der Waals surface area contributed by atoms with Crippen LogP contribution in [0.1, 0.15) is 129 Å². The molecule has 4 fully saturated rings. The number of carbonyl (C=O) groups excluding carboxylic acids is 1. The van der Waals surface area contributed by atoms with E-state index in [0.29, 0.717) is 47.5 Å². The second kappa shape index (κ2) is 13.9. The van der Waals surface area contributed by atoms with Crippen molar-refractivity contribution in [3.63, 3.8) is 0 Å². The Morgan fingerprint density at radius 3 is 2.21 bits per heavy atom. The molecule has 4 saturated carbocycles. The Balaban J connectivity index is 1.16. The van der Waals surface area contributed by atoms with Gasteiger partial charge in [-0.15, -0.1) is 0 Å². The summed E-state index contributed by atoms with van der Waals surface area (Å²) in [6.45, 7) is 4.84. The fourth-order valence-corrected chi connectivity index (χ4v) is 11.2. The minimum absolute atomic E-state index is 0.0266. The molecule has 42 heavy (non-hydrogen) atoms. The molecule has 0 aromatic heterocycles. The van der Waals surface area contributed by atoms with Crippen molar-refractivity contribution in [1.29, 1.82) is 0 Å². The highest BCUT2D eigenvalue weighted by Crippen LogP contribution is 2.68. The van der Waals surface area contributed by atoms with Crippen molar-refractivity contribution in [3.05, 3.63) is 0 Å². The second-order valence-electron chi connectivity index (χ2n) is 14.8. The van der Waals surface area contributed by atoms with Gasteiger partial charge < -0.3 is 9.66 Å². The van der Waals surface area contributed by atoms with Crippen LogP contribution in [0.3, 0.4) is 0 Å². The van der Waals surface area contributed by atoms with E-state index < -0.39 is 36.1 Å². The van der Waals surface area contributed by atoms with Crippen LogP contribution in [0.15, 0.2) is 0 Å². The Hall–Kier alpha value is -0.410. The van der Waals surface area contributed by atoms with Gasteiger partial charge in [0.15, 0.2) is 0 Å². The quantitative estimate of drug-likeness (QED) is 0.119. The van der Waals surface area contributed by atoms with Crippen LogP contribution in [0.25, 0.3) is 0 Å². The first kappa shape index (κ1) is 34.5. The van der Waals surface area contributed by atoms with E-state index in [-0.39, 0.29) is 22.7 Å². The fourth-order valence-electron chi connectivity index (χ4n) is 9.96. The summed E-state index contributed by atoms with van der Waals surface area (Å²) >= 11 is -1.35. The van der Waals surface area contributed by atoms with Gasteiger partial charge >= 0.3 is 12.1 Å². The Morgan fingerprint density at radius 1 is 0.881 bits per heavy atom. The number of aliphatic hydroxyl groups is 1. The molecule has 1 N–H and O–H groups in total. The van der Waals surface area contributed by atoms with E-state index in [9.17, 15) is 36.4 Å². The summed E-state index contributed by atoms with van der Waals surface area (Å²) in [6.07, 6.45) is 9.03. The van der Waals surface area contributed by atoms with Gasteiger partial charge in [-0.3, -0.25) is 4.79 Å². The molecule has 1 unspecified atom stereocenters. The third-order valence-electron chi connectivity index (χ3n) is 12.2. The summed E-state index contributed by atoms with van der Waals surface area (Å²) < 4.78 is 74.6. The van der Waals surface area contributed by atoms with Gasteiger partial charge in [-0.2, -0.15) is 22.0 Å². The van der Waals surface area contributed by atoms with Crippen molar-refractivity contribution in [2.45, 2.75) is 148 Å². The van der Waals surface area contributed by atoms with Crippen molar-refractivity contribution in [3.8, 4) is 0 Å². The van der Waals surface area contributed by atoms with Crippen molar-refractivity contribution in [1.82, 2.24) is 0 Å². The summed E-state index contributed by atoms with van der Waals surface area (Å²) in [5.74, 6) is -0.938. The van der Waals surface area contributed by atoms with Gasteiger partial charge in [-0.25, -0.2) is 0 Å². The van der Waals surface area contributed by atoms with E-state index in [1.54, 1.807) is 0 Å². The first-order valence-corrected chi connectivity index (χ1v) is 18.2. The first-order chi connectivity index (χ1) is 19.7. The number of alkyl halides is 5. The predicted octanol–water partition coefficient (Wildman–Crippen LogP) is 9.03. The van der Waals surface area contributed by atoms with Crippen LogP contribution >= 0.6 is 0 Å². The third kappa shape index (κ3) is 7.51. The zero-order chi connectivity index (χ0) is 30.8. The number of fused-ring (bicyclic) bond motifs is 5. The van der Waals surface area contributed by atoms with E-state index in [1.807, 2.05) is 0 Å². The lowest BCUT2D eigenvalue weighted by Crippen LogP contribution is -2.57. The Bertz CT molecular complexity index is 899. The normalized spacial score (nSPS) is 37.7. The van der Waals surface area contributed by atoms with Gasteiger partial charge in [0.05, 0.1) is 6.10 Å². The molecule has 0 aliphatic heterocycles. The highest BCUT2D eigenvalue weighted by atomic mass is 32.2. The number of aliphatic hydroxyl groups excluding tert-OH is 1. The topological polar surface area (TPSA) is 60.4 Å². The molecule has 0 heterocycles. The number of hydrogen-bond donors (Lipinski definition) is 1. The van der Waals surface area contributed by atoms with Crippen LogP contribution in [-0.2, 0) is 16.0 Å². The lowest BCUT2D eigenvalue weighted by atomic mass is 9.42. The molecule has 0 radical (unpaired) electrons. The molecule has 0 saturated heterocycles. The van der Waals surface area contributed by atoms with Gasteiger partial charge in [-0.05, 0) is 98.2 Å². The Kier molecular flexibility index (Phi) is 11.4. The minimum atomic E-state index is -5.54. The van der Waals surface area contributed by atoms with Gasteiger partial charge in [0.2, 0.25) is 0 Å². The van der Waals surface area contributed by atoms with Gasteiger partial charge in [0.25, 0.3) is 0 Å². The Morgan fingerprint density at radius 2 is 1.52 bits per heavy atom. The van der Waals surface area contributed by atoms with E-state index in [4.69, 9.17) is 0 Å². The summed E-state index contributed by atoms with van der Waals surface area (Å²) in [4.78, 5) is 12.3. The van der Waals surface area contributed by atoms with Crippen molar-refractivity contribution in [2.75, 3.05) is 11.5 Å². The number of Topliss-reactive ketones (excluding diaryl/α,β-unsaturated/α-hetero) is 1. The zero-order valence-corrected chi connectivity index (χ0v) is 26.5. The van der Waals surface area contributed by atoms with Crippen LogP contribution in [-0.4, -0.2) is 45.2 Å². The van der Waals surface area contributed by atoms with E-state index in [1.165, 1.54) is 25.7 Å². The van der Waals surface area contributed by atoms with Crippen LogP contribution in [0.4, 0.5) is 22.0 Å². The monoisotopic (exact) mass is 624 g/mol.